The van der Waals surface area contributed by atoms with Crippen LogP contribution in [-0.4, -0.2) is 25.3 Å². The van der Waals surface area contributed by atoms with Crippen molar-refractivity contribution < 1.29 is 9.53 Å². The Hall–Kier alpha value is -0.800. The van der Waals surface area contributed by atoms with E-state index in [-0.39, 0.29) is 5.78 Å². The van der Waals surface area contributed by atoms with Crippen molar-refractivity contribution in [2.24, 2.45) is 0 Å². The van der Waals surface area contributed by atoms with Gasteiger partial charge in [-0.05, 0) is 19.1 Å². The molecule has 0 radical (unpaired) electrons. The first-order valence-corrected chi connectivity index (χ1v) is 5.45. The molecular weight excluding hydrogens is 196 g/mol. The minimum Gasteiger partial charge on any atom is -0.384 e. The molecule has 0 aliphatic rings. The Kier molecular flexibility index (Phi) is 4.70. The molecule has 0 aromatic heterocycles. The van der Waals surface area contributed by atoms with Gasteiger partial charge in [0.2, 0.25) is 0 Å². The topological polar surface area (TPSA) is 26.3 Å². The van der Waals surface area contributed by atoms with Crippen LogP contribution in [0.25, 0.3) is 0 Å². The molecule has 76 valence electrons. The number of thioether (sulfide) groups is 1. The van der Waals surface area contributed by atoms with Crippen molar-refractivity contribution in [2.75, 3.05) is 19.5 Å². The van der Waals surface area contributed by atoms with Crippen LogP contribution in [0.15, 0.2) is 29.2 Å². The van der Waals surface area contributed by atoms with Gasteiger partial charge in [0.1, 0.15) is 0 Å². The number of ether oxygens (including phenoxy) is 1. The first-order chi connectivity index (χ1) is 6.74. The third-order valence-corrected chi connectivity index (χ3v) is 2.79. The lowest BCUT2D eigenvalue weighted by Gasteiger charge is -2.01. The molecule has 1 aromatic rings. The second-order valence-corrected chi connectivity index (χ2v) is 4.09. The Morgan fingerprint density at radius 3 is 2.50 bits per heavy atom. The van der Waals surface area contributed by atoms with Crippen molar-refractivity contribution in [1.82, 2.24) is 0 Å². The van der Waals surface area contributed by atoms with Crippen molar-refractivity contribution in [3.63, 3.8) is 0 Å². The van der Waals surface area contributed by atoms with E-state index in [2.05, 4.69) is 0 Å². The van der Waals surface area contributed by atoms with E-state index in [0.717, 1.165) is 17.9 Å². The molecule has 0 spiro atoms. The maximum Gasteiger partial charge on any atom is 0.159 e. The first kappa shape index (κ1) is 11.3. The minimum atomic E-state index is 0.110. The summed E-state index contributed by atoms with van der Waals surface area (Å²) in [5.74, 6) is 1.05. The smallest absolute Gasteiger partial charge is 0.159 e. The summed E-state index contributed by atoms with van der Waals surface area (Å²) in [5.41, 5.74) is 0.765. The van der Waals surface area contributed by atoms with E-state index in [1.54, 1.807) is 25.8 Å². The van der Waals surface area contributed by atoms with Gasteiger partial charge in [-0.15, -0.1) is 11.8 Å². The predicted molar refractivity (Wildman–Crippen MR) is 59.0 cm³/mol. The normalized spacial score (nSPS) is 10.1. The molecule has 1 rings (SSSR count). The van der Waals surface area contributed by atoms with E-state index < -0.39 is 0 Å². The standard InChI is InChI=1S/C11H14O2S/c1-9(12)10-3-5-11(6-4-10)14-8-7-13-2/h3-6H,7-8H2,1-2H3. The Balaban J connectivity index is 2.51. The summed E-state index contributed by atoms with van der Waals surface area (Å²) in [6, 6.07) is 7.66. The average molecular weight is 210 g/mol. The highest BCUT2D eigenvalue weighted by atomic mass is 32.2. The highest BCUT2D eigenvalue weighted by Crippen LogP contribution is 2.18. The van der Waals surface area contributed by atoms with Gasteiger partial charge in [-0.1, -0.05) is 12.1 Å². The van der Waals surface area contributed by atoms with Crippen LogP contribution < -0.4 is 0 Å². The van der Waals surface area contributed by atoms with Crippen LogP contribution in [0.2, 0.25) is 0 Å². The zero-order valence-corrected chi connectivity index (χ0v) is 9.26. The van der Waals surface area contributed by atoms with E-state index in [0.29, 0.717) is 0 Å². The van der Waals surface area contributed by atoms with E-state index >= 15 is 0 Å². The van der Waals surface area contributed by atoms with Crippen molar-refractivity contribution in [3.8, 4) is 0 Å². The number of ketones is 1. The fourth-order valence-corrected chi connectivity index (χ4v) is 1.84. The molecule has 0 saturated carbocycles. The fraction of sp³-hybridized carbons (Fsp3) is 0.364. The fourth-order valence-electron chi connectivity index (χ4n) is 1.03. The van der Waals surface area contributed by atoms with E-state index in [1.165, 1.54) is 4.90 Å². The van der Waals surface area contributed by atoms with Crippen molar-refractivity contribution >= 4 is 17.5 Å². The number of carbonyl (C=O) groups is 1. The largest absolute Gasteiger partial charge is 0.384 e. The summed E-state index contributed by atoms with van der Waals surface area (Å²) in [4.78, 5) is 12.2. The van der Waals surface area contributed by atoms with Crippen molar-refractivity contribution in [3.05, 3.63) is 29.8 Å². The highest BCUT2D eigenvalue weighted by Gasteiger charge is 1.98. The minimum absolute atomic E-state index is 0.110. The number of carbonyl (C=O) groups excluding carboxylic acids is 1. The monoisotopic (exact) mass is 210 g/mol. The van der Waals surface area contributed by atoms with Gasteiger partial charge < -0.3 is 4.74 Å². The van der Waals surface area contributed by atoms with Crippen molar-refractivity contribution in [2.45, 2.75) is 11.8 Å². The van der Waals surface area contributed by atoms with Crippen LogP contribution in [0, 0.1) is 0 Å². The van der Waals surface area contributed by atoms with Gasteiger partial charge in [0.25, 0.3) is 0 Å². The lowest BCUT2D eigenvalue weighted by Crippen LogP contribution is -1.92. The predicted octanol–water partition coefficient (Wildman–Crippen LogP) is 2.63. The van der Waals surface area contributed by atoms with Crippen LogP contribution in [-0.2, 0) is 4.74 Å². The molecule has 0 aliphatic carbocycles. The van der Waals surface area contributed by atoms with Gasteiger partial charge in [-0.25, -0.2) is 0 Å². The molecule has 14 heavy (non-hydrogen) atoms. The molecule has 2 nitrogen and oxygen atoms in total. The number of Topliss-reactive ketones (excluding diaryl/α,β-unsaturated/α-hetero) is 1. The molecule has 0 fully saturated rings. The second-order valence-electron chi connectivity index (χ2n) is 2.92. The molecule has 3 heteroatoms. The van der Waals surface area contributed by atoms with Crippen molar-refractivity contribution in [1.29, 1.82) is 0 Å². The number of methoxy groups -OCH3 is 1. The van der Waals surface area contributed by atoms with Gasteiger partial charge in [-0.2, -0.15) is 0 Å². The van der Waals surface area contributed by atoms with E-state index in [1.807, 2.05) is 24.3 Å². The van der Waals surface area contributed by atoms with Crippen LogP contribution in [0.5, 0.6) is 0 Å². The van der Waals surface area contributed by atoms with Gasteiger partial charge in [0.05, 0.1) is 6.61 Å². The molecule has 0 amide bonds. The zero-order chi connectivity index (χ0) is 10.4. The number of hydrogen-bond acceptors (Lipinski definition) is 3. The molecule has 0 N–H and O–H groups in total. The Morgan fingerprint density at radius 1 is 1.36 bits per heavy atom. The molecule has 1 aromatic carbocycles. The molecular formula is C11H14O2S. The average Bonchev–Trinajstić information content (AvgIpc) is 2.19. The molecule has 0 aliphatic heterocycles. The number of hydrogen-bond donors (Lipinski definition) is 0. The molecule has 0 saturated heterocycles. The van der Waals surface area contributed by atoms with Gasteiger partial charge in [0, 0.05) is 23.3 Å². The maximum atomic E-state index is 11.0. The highest BCUT2D eigenvalue weighted by molar-refractivity contribution is 7.99. The Morgan fingerprint density at radius 2 is 2.00 bits per heavy atom. The van der Waals surface area contributed by atoms with Crippen LogP contribution >= 0.6 is 11.8 Å². The Labute approximate surface area is 88.7 Å². The maximum absolute atomic E-state index is 11.0. The van der Waals surface area contributed by atoms with Gasteiger partial charge in [-0.3, -0.25) is 4.79 Å². The number of benzene rings is 1. The van der Waals surface area contributed by atoms with E-state index in [9.17, 15) is 4.79 Å². The quantitative estimate of drug-likeness (QED) is 0.424. The SMILES string of the molecule is COCCSc1ccc(C(C)=O)cc1. The summed E-state index contributed by atoms with van der Waals surface area (Å²) < 4.78 is 4.95. The summed E-state index contributed by atoms with van der Waals surface area (Å²) in [5, 5.41) is 0. The second kappa shape index (κ2) is 5.83. The summed E-state index contributed by atoms with van der Waals surface area (Å²) >= 11 is 1.73. The molecule has 0 heterocycles. The zero-order valence-electron chi connectivity index (χ0n) is 8.45. The van der Waals surface area contributed by atoms with E-state index in [4.69, 9.17) is 4.74 Å². The molecule has 0 bridgehead atoms. The third kappa shape index (κ3) is 3.52. The summed E-state index contributed by atoms with van der Waals surface area (Å²) in [6.45, 7) is 2.33. The van der Waals surface area contributed by atoms with Crippen LogP contribution in [0.4, 0.5) is 0 Å². The summed E-state index contributed by atoms with van der Waals surface area (Å²) in [7, 11) is 1.69. The molecule has 0 atom stereocenters. The lowest BCUT2D eigenvalue weighted by molar-refractivity contribution is 0.101. The first-order valence-electron chi connectivity index (χ1n) is 4.47. The lowest BCUT2D eigenvalue weighted by atomic mass is 10.2. The van der Waals surface area contributed by atoms with Gasteiger partial charge in [0.15, 0.2) is 5.78 Å². The number of rotatable bonds is 5. The Bertz CT molecular complexity index is 293. The molecule has 0 unspecified atom stereocenters. The van der Waals surface area contributed by atoms with Gasteiger partial charge >= 0.3 is 0 Å². The van der Waals surface area contributed by atoms with Crippen LogP contribution in [0.1, 0.15) is 17.3 Å². The third-order valence-electron chi connectivity index (χ3n) is 1.82. The summed E-state index contributed by atoms with van der Waals surface area (Å²) in [6.07, 6.45) is 0. The van der Waals surface area contributed by atoms with Crippen LogP contribution in [0.3, 0.4) is 0 Å².